The molecular weight excluding hydrogens is 296 g/mol. The highest BCUT2D eigenvalue weighted by Gasteiger charge is 2.15. The van der Waals surface area contributed by atoms with Gasteiger partial charge < -0.3 is 0 Å². The van der Waals surface area contributed by atoms with E-state index < -0.39 is 5.91 Å². The van der Waals surface area contributed by atoms with E-state index in [0.717, 1.165) is 0 Å². The summed E-state index contributed by atoms with van der Waals surface area (Å²) in [4.78, 5) is 19.6. The van der Waals surface area contributed by atoms with Gasteiger partial charge in [0.1, 0.15) is 5.15 Å². The number of nitrogens with zero attached hydrogens (tertiary/aromatic N) is 2. The normalized spacial score (nSPS) is 10.2. The van der Waals surface area contributed by atoms with Gasteiger partial charge >= 0.3 is 0 Å². The van der Waals surface area contributed by atoms with Gasteiger partial charge in [0, 0.05) is 6.20 Å². The molecule has 1 amide bonds. The summed E-state index contributed by atoms with van der Waals surface area (Å²) in [6.07, 6.45) is 1.43. The summed E-state index contributed by atoms with van der Waals surface area (Å²) in [5.41, 5.74) is 0.171. The van der Waals surface area contributed by atoms with E-state index in [1.165, 1.54) is 12.3 Å². The topological polar surface area (TPSA) is 54.9 Å². The van der Waals surface area contributed by atoms with Crippen LogP contribution in [-0.2, 0) is 0 Å². The highest BCUT2D eigenvalue weighted by Crippen LogP contribution is 2.24. The van der Waals surface area contributed by atoms with Crippen LogP contribution in [0.3, 0.4) is 0 Å². The molecule has 2 rings (SSSR count). The zero-order valence-electron chi connectivity index (χ0n) is 8.82. The number of halogens is 3. The third-order valence-electron chi connectivity index (χ3n) is 2.04. The van der Waals surface area contributed by atoms with Gasteiger partial charge in [-0.25, -0.2) is 9.97 Å². The maximum absolute atomic E-state index is 12.0. The molecular formula is C11H6Cl3N3O. The van der Waals surface area contributed by atoms with Crippen LogP contribution in [0.5, 0.6) is 0 Å². The SMILES string of the molecule is O=C(Nc1nccc(Cl)n1)c1c(Cl)cccc1Cl. The minimum Gasteiger partial charge on any atom is -0.290 e. The maximum Gasteiger partial charge on any atom is 0.261 e. The van der Waals surface area contributed by atoms with Crippen LogP contribution in [0.15, 0.2) is 30.5 Å². The molecule has 1 N–H and O–H groups in total. The van der Waals surface area contributed by atoms with Crippen LogP contribution in [0.1, 0.15) is 10.4 Å². The van der Waals surface area contributed by atoms with Crippen molar-refractivity contribution in [3.63, 3.8) is 0 Å². The summed E-state index contributed by atoms with van der Waals surface area (Å²) in [7, 11) is 0. The molecule has 0 saturated heterocycles. The second kappa shape index (κ2) is 5.52. The van der Waals surface area contributed by atoms with Gasteiger partial charge in [0.2, 0.25) is 5.95 Å². The van der Waals surface area contributed by atoms with Gasteiger partial charge in [-0.2, -0.15) is 0 Å². The number of amides is 1. The van der Waals surface area contributed by atoms with E-state index in [9.17, 15) is 4.79 Å². The highest BCUT2D eigenvalue weighted by molar-refractivity contribution is 6.40. The van der Waals surface area contributed by atoms with Gasteiger partial charge in [-0.3, -0.25) is 10.1 Å². The van der Waals surface area contributed by atoms with Crippen molar-refractivity contribution in [1.29, 1.82) is 0 Å². The van der Waals surface area contributed by atoms with E-state index in [1.807, 2.05) is 0 Å². The third-order valence-corrected chi connectivity index (χ3v) is 2.88. The van der Waals surface area contributed by atoms with Crippen molar-refractivity contribution in [1.82, 2.24) is 9.97 Å². The van der Waals surface area contributed by atoms with E-state index in [0.29, 0.717) is 0 Å². The lowest BCUT2D eigenvalue weighted by Crippen LogP contribution is -2.15. The molecule has 4 nitrogen and oxygen atoms in total. The Morgan fingerprint density at radius 1 is 1.11 bits per heavy atom. The Balaban J connectivity index is 2.28. The van der Waals surface area contributed by atoms with Crippen LogP contribution in [0.25, 0.3) is 0 Å². The average Bonchev–Trinajstić information content (AvgIpc) is 2.28. The lowest BCUT2D eigenvalue weighted by molar-refractivity contribution is 0.102. The molecule has 0 fully saturated rings. The highest BCUT2D eigenvalue weighted by atomic mass is 35.5. The predicted octanol–water partition coefficient (Wildman–Crippen LogP) is 3.69. The van der Waals surface area contributed by atoms with Crippen molar-refractivity contribution in [2.45, 2.75) is 0 Å². The predicted molar refractivity (Wildman–Crippen MR) is 71.5 cm³/mol. The first-order chi connectivity index (χ1) is 8.58. The number of hydrogen-bond acceptors (Lipinski definition) is 3. The Hall–Kier alpha value is -1.36. The number of benzene rings is 1. The number of nitrogens with one attached hydrogen (secondary N) is 1. The average molecular weight is 303 g/mol. The zero-order valence-corrected chi connectivity index (χ0v) is 11.1. The molecule has 0 radical (unpaired) electrons. The number of anilines is 1. The van der Waals surface area contributed by atoms with Crippen LogP contribution in [0.2, 0.25) is 15.2 Å². The third kappa shape index (κ3) is 2.90. The van der Waals surface area contributed by atoms with E-state index >= 15 is 0 Å². The fourth-order valence-corrected chi connectivity index (χ4v) is 1.98. The van der Waals surface area contributed by atoms with E-state index in [-0.39, 0.29) is 26.7 Å². The molecule has 1 aromatic heterocycles. The molecule has 2 aromatic rings. The first kappa shape index (κ1) is 13.1. The Morgan fingerprint density at radius 3 is 2.39 bits per heavy atom. The summed E-state index contributed by atoms with van der Waals surface area (Å²) < 4.78 is 0. The molecule has 0 bridgehead atoms. The standard InChI is InChI=1S/C11H6Cl3N3O/c12-6-2-1-3-7(13)9(6)10(18)17-11-15-5-4-8(14)16-11/h1-5H,(H,15,16,17,18). The van der Waals surface area contributed by atoms with Gasteiger partial charge in [-0.15, -0.1) is 0 Å². The lowest BCUT2D eigenvalue weighted by Gasteiger charge is -2.06. The van der Waals surface area contributed by atoms with Gasteiger partial charge in [0.05, 0.1) is 15.6 Å². The first-order valence-corrected chi connectivity index (χ1v) is 5.95. The van der Waals surface area contributed by atoms with Crippen molar-refractivity contribution in [3.8, 4) is 0 Å². The van der Waals surface area contributed by atoms with Gasteiger partial charge in [0.15, 0.2) is 0 Å². The largest absolute Gasteiger partial charge is 0.290 e. The van der Waals surface area contributed by atoms with Crippen molar-refractivity contribution < 1.29 is 4.79 Å². The summed E-state index contributed by atoms with van der Waals surface area (Å²) in [6, 6.07) is 6.29. The summed E-state index contributed by atoms with van der Waals surface area (Å²) in [5.74, 6) is -0.406. The van der Waals surface area contributed by atoms with Crippen molar-refractivity contribution >= 4 is 46.7 Å². The smallest absolute Gasteiger partial charge is 0.261 e. The molecule has 18 heavy (non-hydrogen) atoms. The van der Waals surface area contributed by atoms with Crippen LogP contribution in [-0.4, -0.2) is 15.9 Å². The molecule has 7 heteroatoms. The van der Waals surface area contributed by atoms with Gasteiger partial charge in [-0.05, 0) is 18.2 Å². The molecule has 0 unspecified atom stereocenters. The number of hydrogen-bond donors (Lipinski definition) is 1. The summed E-state index contributed by atoms with van der Waals surface area (Å²) in [5, 5.41) is 3.20. The zero-order chi connectivity index (χ0) is 13.1. The molecule has 0 aliphatic heterocycles. The fourth-order valence-electron chi connectivity index (χ4n) is 1.28. The lowest BCUT2D eigenvalue weighted by atomic mass is 10.2. The summed E-state index contributed by atoms with van der Waals surface area (Å²) >= 11 is 17.5. The molecule has 1 aromatic carbocycles. The van der Waals surface area contributed by atoms with E-state index in [4.69, 9.17) is 34.8 Å². The maximum atomic E-state index is 12.0. The van der Waals surface area contributed by atoms with Crippen LogP contribution < -0.4 is 5.32 Å². The number of aromatic nitrogens is 2. The van der Waals surface area contributed by atoms with E-state index in [1.54, 1.807) is 18.2 Å². The van der Waals surface area contributed by atoms with Gasteiger partial charge in [0.25, 0.3) is 5.91 Å². The number of rotatable bonds is 2. The molecule has 0 aliphatic rings. The second-order valence-electron chi connectivity index (χ2n) is 3.25. The number of carbonyl (C=O) groups is 1. The van der Waals surface area contributed by atoms with E-state index in [2.05, 4.69) is 15.3 Å². The molecule has 0 saturated carbocycles. The van der Waals surface area contributed by atoms with Crippen LogP contribution in [0, 0.1) is 0 Å². The molecule has 0 spiro atoms. The Kier molecular flexibility index (Phi) is 4.01. The monoisotopic (exact) mass is 301 g/mol. The molecule has 0 aliphatic carbocycles. The number of carbonyl (C=O) groups excluding carboxylic acids is 1. The molecule has 1 heterocycles. The Bertz CT molecular complexity index is 584. The summed E-state index contributed by atoms with van der Waals surface area (Å²) in [6.45, 7) is 0. The minimum absolute atomic E-state index is 0.0866. The second-order valence-corrected chi connectivity index (χ2v) is 4.46. The van der Waals surface area contributed by atoms with Crippen molar-refractivity contribution in [3.05, 3.63) is 51.2 Å². The fraction of sp³-hybridized carbons (Fsp3) is 0. The minimum atomic E-state index is -0.493. The van der Waals surface area contributed by atoms with Crippen LogP contribution in [0.4, 0.5) is 5.95 Å². The van der Waals surface area contributed by atoms with Crippen LogP contribution >= 0.6 is 34.8 Å². The van der Waals surface area contributed by atoms with Crippen molar-refractivity contribution in [2.24, 2.45) is 0 Å². The Labute approximate surface area is 118 Å². The first-order valence-electron chi connectivity index (χ1n) is 4.82. The molecule has 0 atom stereocenters. The van der Waals surface area contributed by atoms with Crippen molar-refractivity contribution in [2.75, 3.05) is 5.32 Å². The van der Waals surface area contributed by atoms with Gasteiger partial charge in [-0.1, -0.05) is 40.9 Å². The molecule has 92 valence electrons. The quantitative estimate of drug-likeness (QED) is 0.861. The Morgan fingerprint density at radius 2 is 1.78 bits per heavy atom.